The molecule has 0 radical (unpaired) electrons. The van der Waals surface area contributed by atoms with Gasteiger partial charge in [0.15, 0.2) is 0 Å². The Bertz CT molecular complexity index is 138. The summed E-state index contributed by atoms with van der Waals surface area (Å²) in [5.41, 5.74) is 1.17. The van der Waals surface area contributed by atoms with Crippen molar-refractivity contribution in [1.29, 1.82) is 0 Å². The molecule has 1 fully saturated rings. The van der Waals surface area contributed by atoms with Gasteiger partial charge in [0.2, 0.25) is 0 Å². The van der Waals surface area contributed by atoms with Crippen molar-refractivity contribution in [1.82, 2.24) is 5.32 Å². The van der Waals surface area contributed by atoms with E-state index >= 15 is 0 Å². The number of hydrogen-bond acceptors (Lipinski definition) is 2. The van der Waals surface area contributed by atoms with Gasteiger partial charge in [0.1, 0.15) is 0 Å². The van der Waals surface area contributed by atoms with Crippen LogP contribution in [0.1, 0.15) is 13.8 Å². The first-order valence-corrected chi connectivity index (χ1v) is 3.61. The van der Waals surface area contributed by atoms with E-state index in [1.54, 1.807) is 0 Å². The van der Waals surface area contributed by atoms with Gasteiger partial charge in [0, 0.05) is 13.1 Å². The molecule has 0 unspecified atom stereocenters. The smallest absolute Gasteiger partial charge is 0.0906 e. The van der Waals surface area contributed by atoms with Crippen molar-refractivity contribution in [3.8, 4) is 0 Å². The topological polar surface area (TPSA) is 21.3 Å². The summed E-state index contributed by atoms with van der Waals surface area (Å²) in [7, 11) is 0. The first kappa shape index (κ1) is 7.76. The highest BCUT2D eigenvalue weighted by Crippen LogP contribution is 2.15. The van der Waals surface area contributed by atoms with Gasteiger partial charge in [-0.15, -0.1) is 0 Å². The predicted molar refractivity (Wildman–Crippen MR) is 42.0 cm³/mol. The molecule has 1 rings (SSSR count). The molecule has 1 N–H and O–H groups in total. The normalized spacial score (nSPS) is 21.8. The van der Waals surface area contributed by atoms with Gasteiger partial charge in [-0.2, -0.15) is 0 Å². The third-order valence-corrected chi connectivity index (χ3v) is 1.66. The lowest BCUT2D eigenvalue weighted by atomic mass is 10.0. The Morgan fingerprint density at radius 2 is 2.30 bits per heavy atom. The fraction of sp³-hybridized carbons (Fsp3) is 0.750. The second-order valence-electron chi connectivity index (χ2n) is 3.30. The molecule has 0 aliphatic carbocycles. The fourth-order valence-corrected chi connectivity index (χ4v) is 0.877. The lowest BCUT2D eigenvalue weighted by molar-refractivity contribution is -0.0561. The molecular weight excluding hydrogens is 126 g/mol. The van der Waals surface area contributed by atoms with Crippen LogP contribution in [-0.4, -0.2) is 25.3 Å². The van der Waals surface area contributed by atoms with Crippen molar-refractivity contribution >= 4 is 0 Å². The Morgan fingerprint density at radius 1 is 1.70 bits per heavy atom. The standard InChI is InChI=1S/C8H15NO/c1-7(2)4-10-8(3)5-9-6-8/h9H,1,4-6H2,2-3H3. The van der Waals surface area contributed by atoms with Gasteiger partial charge in [-0.25, -0.2) is 0 Å². The Labute approximate surface area is 62.3 Å². The second kappa shape index (κ2) is 2.72. The molecule has 1 heterocycles. The predicted octanol–water partition coefficient (Wildman–Crippen LogP) is 0.941. The average Bonchev–Trinajstić information content (AvgIpc) is 1.79. The zero-order chi connectivity index (χ0) is 7.61. The molecule has 0 aromatic heterocycles. The Hall–Kier alpha value is -0.340. The zero-order valence-corrected chi connectivity index (χ0v) is 6.74. The summed E-state index contributed by atoms with van der Waals surface area (Å²) in [6, 6.07) is 0. The Morgan fingerprint density at radius 3 is 2.60 bits per heavy atom. The van der Waals surface area contributed by atoms with Gasteiger partial charge in [-0.3, -0.25) is 0 Å². The SMILES string of the molecule is C=C(C)COC1(C)CNC1. The van der Waals surface area contributed by atoms with Crippen LogP contribution in [0.15, 0.2) is 12.2 Å². The van der Waals surface area contributed by atoms with Gasteiger partial charge < -0.3 is 10.1 Å². The highest BCUT2D eigenvalue weighted by atomic mass is 16.5. The largest absolute Gasteiger partial charge is 0.368 e. The first-order chi connectivity index (χ1) is 4.62. The van der Waals surface area contributed by atoms with Crippen LogP contribution in [0.2, 0.25) is 0 Å². The van der Waals surface area contributed by atoms with Gasteiger partial charge >= 0.3 is 0 Å². The number of nitrogens with one attached hydrogen (secondary N) is 1. The summed E-state index contributed by atoms with van der Waals surface area (Å²) in [4.78, 5) is 0. The molecule has 0 aromatic rings. The third-order valence-electron chi connectivity index (χ3n) is 1.66. The van der Waals surface area contributed by atoms with Crippen LogP contribution in [0.5, 0.6) is 0 Å². The van der Waals surface area contributed by atoms with E-state index in [1.165, 1.54) is 0 Å². The quantitative estimate of drug-likeness (QED) is 0.591. The molecule has 1 aliphatic heterocycles. The van der Waals surface area contributed by atoms with Gasteiger partial charge in [0.25, 0.3) is 0 Å². The molecule has 0 saturated carbocycles. The first-order valence-electron chi connectivity index (χ1n) is 3.61. The van der Waals surface area contributed by atoms with Crippen molar-refractivity contribution in [2.45, 2.75) is 19.4 Å². The summed E-state index contributed by atoms with van der Waals surface area (Å²) < 4.78 is 5.56. The van der Waals surface area contributed by atoms with Crippen molar-refractivity contribution in [3.05, 3.63) is 12.2 Å². The van der Waals surface area contributed by atoms with Crippen LogP contribution in [0.25, 0.3) is 0 Å². The maximum Gasteiger partial charge on any atom is 0.0906 e. The molecule has 1 saturated heterocycles. The minimum absolute atomic E-state index is 0.0823. The van der Waals surface area contributed by atoms with Crippen LogP contribution >= 0.6 is 0 Å². The molecule has 2 heteroatoms. The summed E-state index contributed by atoms with van der Waals surface area (Å²) in [5.74, 6) is 0. The third kappa shape index (κ3) is 1.82. The number of hydrogen-bond donors (Lipinski definition) is 1. The Kier molecular flexibility index (Phi) is 2.11. The minimum atomic E-state index is 0.0823. The molecule has 58 valence electrons. The van der Waals surface area contributed by atoms with E-state index in [2.05, 4.69) is 18.8 Å². The lowest BCUT2D eigenvalue weighted by Crippen LogP contribution is -2.59. The highest BCUT2D eigenvalue weighted by Gasteiger charge is 2.31. The van der Waals surface area contributed by atoms with Crippen LogP contribution in [0.3, 0.4) is 0 Å². The summed E-state index contributed by atoms with van der Waals surface area (Å²) in [5, 5.41) is 3.17. The van der Waals surface area contributed by atoms with E-state index in [4.69, 9.17) is 4.74 Å². The van der Waals surface area contributed by atoms with Crippen molar-refractivity contribution in [2.75, 3.05) is 19.7 Å². The lowest BCUT2D eigenvalue weighted by Gasteiger charge is -2.39. The average molecular weight is 141 g/mol. The Balaban J connectivity index is 2.18. The molecule has 0 spiro atoms. The molecular formula is C8H15NO. The molecule has 0 amide bonds. The summed E-state index contributed by atoms with van der Waals surface area (Å²) in [6.07, 6.45) is 0. The maximum atomic E-state index is 5.56. The summed E-state index contributed by atoms with van der Waals surface area (Å²) >= 11 is 0. The molecule has 0 aromatic carbocycles. The van der Waals surface area contributed by atoms with E-state index < -0.39 is 0 Å². The van der Waals surface area contributed by atoms with Gasteiger partial charge in [0.05, 0.1) is 12.2 Å². The molecule has 2 nitrogen and oxygen atoms in total. The second-order valence-corrected chi connectivity index (χ2v) is 3.30. The van der Waals surface area contributed by atoms with E-state index in [0.717, 1.165) is 18.7 Å². The zero-order valence-electron chi connectivity index (χ0n) is 6.74. The van der Waals surface area contributed by atoms with Gasteiger partial charge in [-0.05, 0) is 13.8 Å². The van der Waals surface area contributed by atoms with E-state index in [-0.39, 0.29) is 5.60 Å². The van der Waals surface area contributed by atoms with Crippen LogP contribution in [0.4, 0.5) is 0 Å². The maximum absolute atomic E-state index is 5.56. The van der Waals surface area contributed by atoms with Crippen LogP contribution in [0, 0.1) is 0 Å². The van der Waals surface area contributed by atoms with E-state index in [1.807, 2.05) is 6.92 Å². The number of rotatable bonds is 3. The highest BCUT2D eigenvalue weighted by molar-refractivity contribution is 4.94. The van der Waals surface area contributed by atoms with Crippen molar-refractivity contribution in [2.24, 2.45) is 0 Å². The monoisotopic (exact) mass is 141 g/mol. The van der Waals surface area contributed by atoms with Crippen LogP contribution in [-0.2, 0) is 4.74 Å². The molecule has 1 aliphatic rings. The molecule has 10 heavy (non-hydrogen) atoms. The van der Waals surface area contributed by atoms with Gasteiger partial charge in [-0.1, -0.05) is 12.2 Å². The number of ether oxygens (including phenoxy) is 1. The van der Waals surface area contributed by atoms with E-state index in [0.29, 0.717) is 6.61 Å². The van der Waals surface area contributed by atoms with Crippen molar-refractivity contribution in [3.63, 3.8) is 0 Å². The van der Waals surface area contributed by atoms with Crippen LogP contribution < -0.4 is 5.32 Å². The minimum Gasteiger partial charge on any atom is -0.368 e. The van der Waals surface area contributed by atoms with E-state index in [9.17, 15) is 0 Å². The summed E-state index contributed by atoms with van der Waals surface area (Å²) in [6.45, 7) is 10.5. The molecule has 0 bridgehead atoms. The fourth-order valence-electron chi connectivity index (χ4n) is 0.877. The molecule has 0 atom stereocenters. The van der Waals surface area contributed by atoms with Crippen molar-refractivity contribution < 1.29 is 4.74 Å².